The van der Waals surface area contributed by atoms with Crippen molar-refractivity contribution < 1.29 is 13.6 Å². The number of aryl methyl sites for hydroxylation is 3. The second-order valence-electron chi connectivity index (χ2n) is 8.53. The van der Waals surface area contributed by atoms with Crippen LogP contribution in [0.5, 0.6) is 0 Å². The first-order chi connectivity index (χ1) is 14.7. The number of carbonyl (C=O) groups excluding carboxylic acids is 1. The van der Waals surface area contributed by atoms with Crippen molar-refractivity contribution in [1.29, 1.82) is 0 Å². The fraction of sp³-hybridized carbons (Fsp3) is 0.360. The van der Waals surface area contributed by atoms with Crippen LogP contribution in [0.2, 0.25) is 0 Å². The van der Waals surface area contributed by atoms with Crippen LogP contribution in [0.3, 0.4) is 0 Å². The van der Waals surface area contributed by atoms with Crippen LogP contribution in [-0.4, -0.2) is 37.2 Å². The van der Waals surface area contributed by atoms with Crippen LogP contribution in [-0.2, 0) is 0 Å². The number of carbonyl (C=O) groups is 1. The molecule has 1 heterocycles. The lowest BCUT2D eigenvalue weighted by Crippen LogP contribution is -2.44. The number of nitrogens with one attached hydrogen (secondary N) is 1. The normalized spacial score (nSPS) is 18.0. The molecule has 0 atom stereocenters. The van der Waals surface area contributed by atoms with E-state index in [-0.39, 0.29) is 17.8 Å². The molecular weight excluding hydrogens is 396 g/mol. The molecule has 1 N–H and O–H groups in total. The molecule has 0 unspecified atom stereocenters. The van der Waals surface area contributed by atoms with Gasteiger partial charge in [-0.25, -0.2) is 8.78 Å². The number of amides is 1. The Morgan fingerprint density at radius 2 is 1.87 bits per heavy atom. The summed E-state index contributed by atoms with van der Waals surface area (Å²) in [4.78, 5) is 19.2. The molecule has 4 nitrogen and oxygen atoms in total. The van der Waals surface area contributed by atoms with Crippen molar-refractivity contribution >= 4 is 22.5 Å². The molecular formula is C25H27F2N3O. The first-order valence-corrected chi connectivity index (χ1v) is 10.5. The van der Waals surface area contributed by atoms with Crippen LogP contribution in [0, 0.1) is 26.6 Å². The lowest BCUT2D eigenvalue weighted by atomic mass is 9.88. The molecule has 1 aromatic heterocycles. The van der Waals surface area contributed by atoms with E-state index in [1.807, 2.05) is 50.1 Å². The third-order valence-corrected chi connectivity index (χ3v) is 6.32. The van der Waals surface area contributed by atoms with Crippen LogP contribution < -0.4 is 10.2 Å². The molecule has 1 aliphatic carbocycles. The summed E-state index contributed by atoms with van der Waals surface area (Å²) in [6, 6.07) is 7.51. The third-order valence-electron chi connectivity index (χ3n) is 6.32. The average Bonchev–Trinajstić information content (AvgIpc) is 2.72. The number of halogens is 2. The number of hydrogen-bond donors (Lipinski definition) is 1. The van der Waals surface area contributed by atoms with Gasteiger partial charge in [-0.3, -0.25) is 9.78 Å². The van der Waals surface area contributed by atoms with Gasteiger partial charge >= 0.3 is 0 Å². The number of nitrogens with zero attached hydrogens (tertiary/aromatic N) is 2. The highest BCUT2D eigenvalue weighted by atomic mass is 19.1. The molecule has 3 aromatic rings. The average molecular weight is 424 g/mol. The van der Waals surface area contributed by atoms with E-state index >= 15 is 4.39 Å². The first kappa shape index (κ1) is 21.2. The van der Waals surface area contributed by atoms with Crippen LogP contribution in [0.25, 0.3) is 22.0 Å². The van der Waals surface area contributed by atoms with Gasteiger partial charge in [0.25, 0.3) is 5.91 Å². The Balaban J connectivity index is 2.02. The van der Waals surface area contributed by atoms with Crippen LogP contribution >= 0.6 is 0 Å². The molecule has 1 saturated carbocycles. The Kier molecular flexibility index (Phi) is 5.42. The van der Waals surface area contributed by atoms with E-state index in [1.54, 1.807) is 20.2 Å². The van der Waals surface area contributed by atoms with E-state index < -0.39 is 6.17 Å². The van der Waals surface area contributed by atoms with Gasteiger partial charge in [0.1, 0.15) is 12.0 Å². The molecule has 1 aliphatic rings. The Morgan fingerprint density at radius 1 is 1.16 bits per heavy atom. The number of aromatic nitrogens is 1. The minimum Gasteiger partial charge on any atom is -0.370 e. The van der Waals surface area contributed by atoms with E-state index in [1.165, 1.54) is 0 Å². The van der Waals surface area contributed by atoms with E-state index in [9.17, 15) is 9.18 Å². The van der Waals surface area contributed by atoms with E-state index in [2.05, 4.69) is 10.3 Å². The van der Waals surface area contributed by atoms with Gasteiger partial charge in [0.2, 0.25) is 0 Å². The van der Waals surface area contributed by atoms with E-state index in [0.29, 0.717) is 40.7 Å². The number of fused-ring (bicyclic) bond motifs is 1. The van der Waals surface area contributed by atoms with Gasteiger partial charge in [-0.1, -0.05) is 23.8 Å². The molecule has 0 aliphatic heterocycles. The minimum atomic E-state index is -0.814. The summed E-state index contributed by atoms with van der Waals surface area (Å²) in [5, 5.41) is 3.42. The van der Waals surface area contributed by atoms with Crippen molar-refractivity contribution in [2.45, 2.75) is 45.8 Å². The Hall–Kier alpha value is -3.02. The first-order valence-electron chi connectivity index (χ1n) is 10.5. The quantitative estimate of drug-likeness (QED) is 0.622. The number of rotatable bonds is 4. The topological polar surface area (TPSA) is 45.2 Å². The van der Waals surface area contributed by atoms with Crippen LogP contribution in [0.15, 0.2) is 30.5 Å². The van der Waals surface area contributed by atoms with Crippen molar-refractivity contribution in [1.82, 2.24) is 10.3 Å². The van der Waals surface area contributed by atoms with Gasteiger partial charge in [0, 0.05) is 42.8 Å². The molecule has 1 fully saturated rings. The van der Waals surface area contributed by atoms with Crippen molar-refractivity contribution in [2.24, 2.45) is 0 Å². The fourth-order valence-electron chi connectivity index (χ4n) is 4.53. The zero-order valence-electron chi connectivity index (χ0n) is 18.5. The van der Waals surface area contributed by atoms with Crippen molar-refractivity contribution in [3.63, 3.8) is 0 Å². The lowest BCUT2D eigenvalue weighted by molar-refractivity contribution is 0.0963. The molecule has 0 spiro atoms. The van der Waals surface area contributed by atoms with Gasteiger partial charge in [-0.15, -0.1) is 0 Å². The van der Waals surface area contributed by atoms with E-state index in [0.717, 1.165) is 22.1 Å². The van der Waals surface area contributed by atoms with E-state index in [4.69, 9.17) is 0 Å². The van der Waals surface area contributed by atoms with Gasteiger partial charge in [0.05, 0.1) is 16.8 Å². The monoisotopic (exact) mass is 423 g/mol. The van der Waals surface area contributed by atoms with Gasteiger partial charge in [-0.05, 0) is 50.8 Å². The predicted octanol–water partition coefficient (Wildman–Crippen LogP) is 5.26. The third kappa shape index (κ3) is 3.54. The Morgan fingerprint density at radius 3 is 2.52 bits per heavy atom. The summed E-state index contributed by atoms with van der Waals surface area (Å²) in [7, 11) is 3.46. The van der Waals surface area contributed by atoms with Gasteiger partial charge in [0.15, 0.2) is 0 Å². The molecule has 6 heteroatoms. The lowest BCUT2D eigenvalue weighted by Gasteiger charge is -2.39. The Bertz CT molecular complexity index is 1190. The number of alkyl halides is 1. The molecule has 0 radical (unpaired) electrons. The molecule has 2 aromatic carbocycles. The number of hydrogen-bond acceptors (Lipinski definition) is 3. The highest BCUT2D eigenvalue weighted by Crippen LogP contribution is 2.41. The number of pyridine rings is 1. The Labute approximate surface area is 181 Å². The predicted molar refractivity (Wildman–Crippen MR) is 121 cm³/mol. The number of anilines is 1. The molecule has 0 bridgehead atoms. The second-order valence-corrected chi connectivity index (χ2v) is 8.53. The maximum atomic E-state index is 15.2. The maximum absolute atomic E-state index is 15.2. The van der Waals surface area contributed by atoms with Gasteiger partial charge in [-0.2, -0.15) is 0 Å². The minimum absolute atomic E-state index is 0.00621. The summed E-state index contributed by atoms with van der Waals surface area (Å²) in [6.07, 6.45) is 1.59. The highest BCUT2D eigenvalue weighted by molar-refractivity contribution is 6.10. The fourth-order valence-corrected chi connectivity index (χ4v) is 4.53. The highest BCUT2D eigenvalue weighted by Gasteiger charge is 2.34. The zero-order valence-corrected chi connectivity index (χ0v) is 18.5. The molecule has 0 saturated heterocycles. The summed E-state index contributed by atoms with van der Waals surface area (Å²) >= 11 is 0. The summed E-state index contributed by atoms with van der Waals surface area (Å²) in [5.41, 5.74) is 5.43. The standard InChI is InChI=1S/C25H27F2N3O/c1-13-8-15(3)22(27)19(9-13)21-14(2)6-7-18-23(21)29-12-20(25(31)28-4)24(18)30(5)17-10-16(26)11-17/h6-9,12,16-17H,10-11H2,1-5H3,(H,28,31). The van der Waals surface area contributed by atoms with Gasteiger partial charge < -0.3 is 10.2 Å². The molecule has 1 amide bonds. The summed E-state index contributed by atoms with van der Waals surface area (Å²) in [6.45, 7) is 5.63. The second kappa shape index (κ2) is 7.91. The summed E-state index contributed by atoms with van der Waals surface area (Å²) < 4.78 is 28.8. The van der Waals surface area contributed by atoms with Crippen molar-refractivity contribution in [3.05, 3.63) is 58.5 Å². The molecule has 4 rings (SSSR count). The number of benzene rings is 2. The SMILES string of the molecule is CNC(=O)c1cnc2c(-c3cc(C)cc(C)c3F)c(C)ccc2c1N(C)C1CC(F)C1. The van der Waals surface area contributed by atoms with Crippen molar-refractivity contribution in [3.8, 4) is 11.1 Å². The largest absolute Gasteiger partial charge is 0.370 e. The zero-order chi connectivity index (χ0) is 22.4. The van der Waals surface area contributed by atoms with Crippen molar-refractivity contribution in [2.75, 3.05) is 19.0 Å². The molecule has 162 valence electrons. The van der Waals surface area contributed by atoms with Crippen LogP contribution in [0.4, 0.5) is 14.5 Å². The molecule has 31 heavy (non-hydrogen) atoms. The summed E-state index contributed by atoms with van der Waals surface area (Å²) in [5.74, 6) is -0.528. The van der Waals surface area contributed by atoms with Crippen LogP contribution in [0.1, 0.15) is 39.9 Å². The maximum Gasteiger partial charge on any atom is 0.254 e. The smallest absolute Gasteiger partial charge is 0.254 e.